The fourth-order valence-corrected chi connectivity index (χ4v) is 1.71. The fourth-order valence-electron chi connectivity index (χ4n) is 1.71. The molecule has 0 saturated heterocycles. The van der Waals surface area contributed by atoms with Gasteiger partial charge in [0.05, 0.1) is 13.0 Å². The summed E-state index contributed by atoms with van der Waals surface area (Å²) >= 11 is 0. The number of nitrogens with two attached hydrogens (primary N) is 2. The molecule has 0 aliphatic carbocycles. The molecule has 0 spiro atoms. The van der Waals surface area contributed by atoms with Gasteiger partial charge in [0.2, 0.25) is 5.91 Å². The molecule has 1 rings (SSSR count). The molecule has 7 heteroatoms. The average molecular weight is 294 g/mol. The standard InChI is InChI=1S/C14H18N2O5/c1-20-14(19)12(16)10(7-11(15)17)13(18)21-8-9-5-3-2-4-6-9/h2-6,10,12H,7-8,16H2,1H3,(H2,15,17)/t10?,12-/m0/s1. The van der Waals surface area contributed by atoms with Crippen LogP contribution in [0.3, 0.4) is 0 Å². The summed E-state index contributed by atoms with van der Waals surface area (Å²) < 4.78 is 9.54. The second-order valence-corrected chi connectivity index (χ2v) is 4.42. The lowest BCUT2D eigenvalue weighted by Gasteiger charge is -2.19. The second-order valence-electron chi connectivity index (χ2n) is 4.42. The van der Waals surface area contributed by atoms with Gasteiger partial charge in [-0.15, -0.1) is 0 Å². The van der Waals surface area contributed by atoms with Crippen LogP contribution in [0.1, 0.15) is 12.0 Å². The topological polar surface area (TPSA) is 122 Å². The molecule has 0 heterocycles. The summed E-state index contributed by atoms with van der Waals surface area (Å²) in [4.78, 5) is 34.4. The van der Waals surface area contributed by atoms with E-state index < -0.39 is 29.8 Å². The third-order valence-electron chi connectivity index (χ3n) is 2.85. The molecule has 21 heavy (non-hydrogen) atoms. The highest BCUT2D eigenvalue weighted by molar-refractivity contribution is 5.88. The first-order valence-electron chi connectivity index (χ1n) is 6.28. The summed E-state index contributed by atoms with van der Waals surface area (Å²) in [6.45, 7) is 0.0167. The number of methoxy groups -OCH3 is 1. The van der Waals surface area contributed by atoms with E-state index in [2.05, 4.69) is 4.74 Å². The predicted octanol–water partition coefficient (Wildman–Crippen LogP) is -0.278. The first-order valence-corrected chi connectivity index (χ1v) is 6.28. The Morgan fingerprint density at radius 1 is 1.14 bits per heavy atom. The van der Waals surface area contributed by atoms with Crippen LogP contribution in [0.5, 0.6) is 0 Å². The third-order valence-corrected chi connectivity index (χ3v) is 2.85. The average Bonchev–Trinajstić information content (AvgIpc) is 2.49. The Labute approximate surface area is 122 Å². The van der Waals surface area contributed by atoms with Gasteiger partial charge in [0.1, 0.15) is 12.6 Å². The maximum Gasteiger partial charge on any atom is 0.323 e. The maximum atomic E-state index is 12.0. The van der Waals surface area contributed by atoms with Crippen molar-refractivity contribution in [1.29, 1.82) is 0 Å². The Hall–Kier alpha value is -2.41. The van der Waals surface area contributed by atoms with Crippen molar-refractivity contribution in [2.24, 2.45) is 17.4 Å². The largest absolute Gasteiger partial charge is 0.468 e. The van der Waals surface area contributed by atoms with Crippen LogP contribution in [-0.4, -0.2) is 31.0 Å². The smallest absolute Gasteiger partial charge is 0.323 e. The van der Waals surface area contributed by atoms with Crippen LogP contribution < -0.4 is 11.5 Å². The lowest BCUT2D eigenvalue weighted by molar-refractivity contribution is -0.157. The van der Waals surface area contributed by atoms with Crippen LogP contribution in [0.25, 0.3) is 0 Å². The Balaban J connectivity index is 2.71. The van der Waals surface area contributed by atoms with Crippen LogP contribution in [0.4, 0.5) is 0 Å². The van der Waals surface area contributed by atoms with E-state index in [4.69, 9.17) is 16.2 Å². The highest BCUT2D eigenvalue weighted by Gasteiger charge is 2.34. The van der Waals surface area contributed by atoms with E-state index in [0.29, 0.717) is 0 Å². The predicted molar refractivity (Wildman–Crippen MR) is 73.5 cm³/mol. The number of amides is 1. The summed E-state index contributed by atoms with van der Waals surface area (Å²) in [5.74, 6) is -3.50. The molecule has 0 aliphatic heterocycles. The lowest BCUT2D eigenvalue weighted by atomic mass is 9.96. The molecular weight excluding hydrogens is 276 g/mol. The lowest BCUT2D eigenvalue weighted by Crippen LogP contribution is -2.45. The number of esters is 2. The minimum atomic E-state index is -1.30. The molecule has 0 saturated carbocycles. The minimum absolute atomic E-state index is 0.0167. The molecule has 1 aromatic carbocycles. The molecule has 0 bridgehead atoms. The highest BCUT2D eigenvalue weighted by Crippen LogP contribution is 2.13. The van der Waals surface area contributed by atoms with Crippen molar-refractivity contribution < 1.29 is 23.9 Å². The normalized spacial score (nSPS) is 13.0. The number of primary amides is 1. The van der Waals surface area contributed by atoms with Gasteiger partial charge in [-0.1, -0.05) is 30.3 Å². The van der Waals surface area contributed by atoms with Gasteiger partial charge in [0.25, 0.3) is 0 Å². The van der Waals surface area contributed by atoms with Gasteiger partial charge in [0, 0.05) is 6.42 Å². The molecule has 0 aliphatic rings. The molecular formula is C14H18N2O5. The molecule has 0 aromatic heterocycles. The number of carbonyl (C=O) groups excluding carboxylic acids is 3. The maximum absolute atomic E-state index is 12.0. The van der Waals surface area contributed by atoms with Gasteiger partial charge in [-0.2, -0.15) is 0 Å². The molecule has 0 radical (unpaired) electrons. The van der Waals surface area contributed by atoms with Crippen LogP contribution in [0.15, 0.2) is 30.3 Å². The summed E-state index contributed by atoms with van der Waals surface area (Å²) in [5, 5.41) is 0. The van der Waals surface area contributed by atoms with Gasteiger partial charge < -0.3 is 20.9 Å². The number of ether oxygens (including phenoxy) is 2. The molecule has 2 atom stereocenters. The summed E-state index contributed by atoms with van der Waals surface area (Å²) in [6.07, 6.45) is -0.385. The van der Waals surface area contributed by atoms with Crippen molar-refractivity contribution >= 4 is 17.8 Å². The third kappa shape index (κ3) is 5.23. The van der Waals surface area contributed by atoms with E-state index in [-0.39, 0.29) is 13.0 Å². The second kappa shape index (κ2) is 8.01. The Kier molecular flexibility index (Phi) is 6.35. The SMILES string of the molecule is COC(=O)[C@@H](N)C(CC(N)=O)C(=O)OCc1ccccc1. The van der Waals surface area contributed by atoms with Crippen molar-refractivity contribution in [3.05, 3.63) is 35.9 Å². The Bertz CT molecular complexity index is 503. The zero-order chi connectivity index (χ0) is 15.8. The minimum Gasteiger partial charge on any atom is -0.468 e. The van der Waals surface area contributed by atoms with E-state index in [1.807, 2.05) is 6.07 Å². The molecule has 1 amide bonds. The van der Waals surface area contributed by atoms with E-state index in [1.54, 1.807) is 24.3 Å². The molecule has 0 fully saturated rings. The van der Waals surface area contributed by atoms with E-state index in [9.17, 15) is 14.4 Å². The van der Waals surface area contributed by atoms with Crippen molar-refractivity contribution in [3.8, 4) is 0 Å². The summed E-state index contributed by atoms with van der Waals surface area (Å²) in [6, 6.07) is 7.67. The monoisotopic (exact) mass is 294 g/mol. The number of benzene rings is 1. The molecule has 1 unspecified atom stereocenters. The molecule has 114 valence electrons. The first-order chi connectivity index (χ1) is 9.95. The van der Waals surface area contributed by atoms with Crippen molar-refractivity contribution in [2.75, 3.05) is 7.11 Å². The highest BCUT2D eigenvalue weighted by atomic mass is 16.5. The molecule has 4 N–H and O–H groups in total. The Morgan fingerprint density at radius 2 is 1.76 bits per heavy atom. The summed E-state index contributed by atoms with van der Waals surface area (Å²) in [5.41, 5.74) is 11.4. The fraction of sp³-hybridized carbons (Fsp3) is 0.357. The summed E-state index contributed by atoms with van der Waals surface area (Å²) in [7, 11) is 1.14. The Morgan fingerprint density at radius 3 is 2.29 bits per heavy atom. The number of carbonyl (C=O) groups is 3. The van der Waals surface area contributed by atoms with Crippen molar-refractivity contribution in [2.45, 2.75) is 19.1 Å². The van der Waals surface area contributed by atoms with Crippen LogP contribution in [0.2, 0.25) is 0 Å². The number of hydrogen-bond acceptors (Lipinski definition) is 6. The van der Waals surface area contributed by atoms with Gasteiger partial charge in [-0.05, 0) is 5.56 Å². The van der Waals surface area contributed by atoms with Gasteiger partial charge in [-0.3, -0.25) is 14.4 Å². The van der Waals surface area contributed by atoms with E-state index in [0.717, 1.165) is 12.7 Å². The van der Waals surface area contributed by atoms with E-state index >= 15 is 0 Å². The molecule has 7 nitrogen and oxygen atoms in total. The van der Waals surface area contributed by atoms with Crippen LogP contribution in [0, 0.1) is 5.92 Å². The van der Waals surface area contributed by atoms with Gasteiger partial charge in [0.15, 0.2) is 0 Å². The number of hydrogen-bond donors (Lipinski definition) is 2. The molecule has 1 aromatic rings. The van der Waals surface area contributed by atoms with Crippen LogP contribution in [-0.2, 0) is 30.5 Å². The zero-order valence-electron chi connectivity index (χ0n) is 11.7. The number of rotatable bonds is 7. The van der Waals surface area contributed by atoms with Crippen molar-refractivity contribution in [3.63, 3.8) is 0 Å². The zero-order valence-corrected chi connectivity index (χ0v) is 11.7. The quantitative estimate of drug-likeness (QED) is 0.667. The van der Waals surface area contributed by atoms with Gasteiger partial charge in [-0.25, -0.2) is 0 Å². The van der Waals surface area contributed by atoms with Crippen LogP contribution >= 0.6 is 0 Å². The van der Waals surface area contributed by atoms with Gasteiger partial charge >= 0.3 is 11.9 Å². The van der Waals surface area contributed by atoms with E-state index in [1.165, 1.54) is 0 Å². The van der Waals surface area contributed by atoms with Crippen molar-refractivity contribution in [1.82, 2.24) is 0 Å². The first kappa shape index (κ1) is 16.6.